The number of nitrogens with zero attached hydrogens (tertiary/aromatic N) is 4. The van der Waals surface area contributed by atoms with E-state index in [0.717, 1.165) is 12.8 Å². The topological polar surface area (TPSA) is 119 Å². The molecule has 2 heterocycles. The molecule has 0 unspecified atom stereocenters. The molecule has 2 aliphatic carbocycles. The van der Waals surface area contributed by atoms with Crippen LogP contribution in [0.4, 0.5) is 9.18 Å². The molecule has 2 saturated carbocycles. The number of nitrogens with one attached hydrogen (secondary N) is 1. The number of halogens is 1. The minimum absolute atomic E-state index is 0.0113. The van der Waals surface area contributed by atoms with E-state index in [9.17, 15) is 19.2 Å². The third kappa shape index (κ3) is 4.74. The molecule has 1 saturated heterocycles. The summed E-state index contributed by atoms with van der Waals surface area (Å²) in [6.07, 6.45) is 2.76. The zero-order valence-electron chi connectivity index (χ0n) is 20.9. The van der Waals surface area contributed by atoms with Crippen LogP contribution in [0.3, 0.4) is 0 Å². The highest BCUT2D eigenvalue weighted by atomic mass is 19.1. The summed E-state index contributed by atoms with van der Waals surface area (Å²) >= 11 is 0. The first-order valence-electron chi connectivity index (χ1n) is 12.5. The molecular weight excluding hydrogens is 473 g/mol. The van der Waals surface area contributed by atoms with Crippen molar-refractivity contribution in [2.75, 3.05) is 0 Å². The van der Waals surface area contributed by atoms with E-state index >= 15 is 0 Å². The minimum atomic E-state index is -0.959. The number of ether oxygens (including phenoxy) is 1. The number of carbonyl (C=O) groups excluding carboxylic acids is 2. The van der Waals surface area contributed by atoms with Gasteiger partial charge in [-0.15, -0.1) is 0 Å². The van der Waals surface area contributed by atoms with Gasteiger partial charge in [-0.1, -0.05) is 12.1 Å². The van der Waals surface area contributed by atoms with Crippen LogP contribution in [0.15, 0.2) is 36.5 Å². The van der Waals surface area contributed by atoms with Crippen LogP contribution in [0.5, 0.6) is 0 Å². The number of rotatable bonds is 5. The molecule has 37 heavy (non-hydrogen) atoms. The summed E-state index contributed by atoms with van der Waals surface area (Å²) in [6.45, 7) is 5.37. The average Bonchev–Trinajstić information content (AvgIpc) is 3.47. The third-order valence-electron chi connectivity index (χ3n) is 7.55. The molecule has 2 bridgehead atoms. The van der Waals surface area contributed by atoms with Crippen molar-refractivity contribution in [1.82, 2.24) is 15.2 Å². The number of pyridine rings is 1. The number of nitriles is 2. The van der Waals surface area contributed by atoms with Crippen LogP contribution in [0, 0.1) is 46.2 Å². The lowest BCUT2D eigenvalue weighted by Gasteiger charge is -2.35. The number of aromatic nitrogens is 1. The third-order valence-corrected chi connectivity index (χ3v) is 7.55. The van der Waals surface area contributed by atoms with Gasteiger partial charge in [-0.25, -0.2) is 14.2 Å². The van der Waals surface area contributed by atoms with E-state index in [-0.39, 0.29) is 29.6 Å². The van der Waals surface area contributed by atoms with Crippen molar-refractivity contribution in [3.63, 3.8) is 0 Å². The number of fused-ring (bicyclic) bond motifs is 5. The number of hydrogen-bond donors (Lipinski definition) is 1. The maximum Gasteiger partial charge on any atom is 0.411 e. The highest BCUT2D eigenvalue weighted by molar-refractivity contribution is 5.88. The molecule has 2 amide bonds. The number of benzene rings is 1. The van der Waals surface area contributed by atoms with Gasteiger partial charge in [0.15, 0.2) is 0 Å². The Bertz CT molecular complexity index is 1320. The van der Waals surface area contributed by atoms with Gasteiger partial charge in [-0.05, 0) is 80.7 Å². The largest absolute Gasteiger partial charge is 0.444 e. The van der Waals surface area contributed by atoms with Crippen LogP contribution < -0.4 is 5.32 Å². The quantitative estimate of drug-likeness (QED) is 0.663. The van der Waals surface area contributed by atoms with Crippen LogP contribution in [-0.2, 0) is 16.0 Å². The summed E-state index contributed by atoms with van der Waals surface area (Å²) in [5, 5.41) is 21.4. The Morgan fingerprint density at radius 1 is 1.16 bits per heavy atom. The Hall–Kier alpha value is -3.98. The number of amides is 2. The molecule has 1 aromatic carbocycles. The molecule has 1 N–H and O–H groups in total. The van der Waals surface area contributed by atoms with E-state index in [0.29, 0.717) is 23.0 Å². The van der Waals surface area contributed by atoms with Crippen molar-refractivity contribution >= 4 is 12.0 Å². The monoisotopic (exact) mass is 501 g/mol. The van der Waals surface area contributed by atoms with Crippen LogP contribution >= 0.6 is 0 Å². The first kappa shape index (κ1) is 24.7. The van der Waals surface area contributed by atoms with Gasteiger partial charge in [0, 0.05) is 24.2 Å². The van der Waals surface area contributed by atoms with Gasteiger partial charge in [0.1, 0.15) is 35.3 Å². The lowest BCUT2D eigenvalue weighted by molar-refractivity contribution is -0.128. The first-order chi connectivity index (χ1) is 17.6. The SMILES string of the molecule is CC(C)(C)OC(=O)N1[C@H](C(=O)N[C@H](C#N)Cc2ccc(-c3ccc(C#N)nc3)cc2F)[C@@H]2C[C@H]1[C@H]1C[C@@H]21. The molecule has 1 aliphatic heterocycles. The fourth-order valence-corrected chi connectivity index (χ4v) is 5.91. The van der Waals surface area contributed by atoms with Gasteiger partial charge in [-0.2, -0.15) is 10.5 Å². The Balaban J connectivity index is 1.29. The lowest BCUT2D eigenvalue weighted by Crippen LogP contribution is -2.56. The summed E-state index contributed by atoms with van der Waals surface area (Å²) in [7, 11) is 0. The molecule has 9 heteroatoms. The van der Waals surface area contributed by atoms with Gasteiger partial charge < -0.3 is 10.1 Å². The zero-order chi connectivity index (χ0) is 26.5. The molecule has 3 aliphatic rings. The van der Waals surface area contributed by atoms with Crippen molar-refractivity contribution in [3.8, 4) is 23.3 Å². The van der Waals surface area contributed by atoms with E-state index in [2.05, 4.69) is 16.4 Å². The second-order valence-corrected chi connectivity index (χ2v) is 11.1. The average molecular weight is 502 g/mol. The van der Waals surface area contributed by atoms with E-state index in [1.54, 1.807) is 49.9 Å². The molecule has 6 atom stereocenters. The number of hydrogen-bond acceptors (Lipinski definition) is 6. The smallest absolute Gasteiger partial charge is 0.411 e. The fraction of sp³-hybridized carbons (Fsp3) is 0.464. The van der Waals surface area contributed by atoms with Crippen molar-refractivity contribution < 1.29 is 18.7 Å². The molecular formula is C28H28FN5O3. The molecule has 5 rings (SSSR count). The molecule has 8 nitrogen and oxygen atoms in total. The van der Waals surface area contributed by atoms with Gasteiger partial charge in [-0.3, -0.25) is 9.69 Å². The minimum Gasteiger partial charge on any atom is -0.444 e. The Morgan fingerprint density at radius 2 is 1.92 bits per heavy atom. The fourth-order valence-electron chi connectivity index (χ4n) is 5.91. The van der Waals surface area contributed by atoms with Crippen molar-refractivity contribution in [1.29, 1.82) is 10.5 Å². The summed E-state index contributed by atoms with van der Waals surface area (Å²) in [4.78, 5) is 32.0. The van der Waals surface area contributed by atoms with Crippen LogP contribution in [0.1, 0.15) is 44.9 Å². The molecule has 3 fully saturated rings. The summed E-state index contributed by atoms with van der Waals surface area (Å²) < 4.78 is 20.6. The second kappa shape index (κ2) is 9.15. The van der Waals surface area contributed by atoms with Crippen LogP contribution in [0.25, 0.3) is 11.1 Å². The molecule has 1 aromatic heterocycles. The Kier molecular flexibility index (Phi) is 6.11. The molecule has 0 spiro atoms. The predicted octanol–water partition coefficient (Wildman–Crippen LogP) is 3.95. The zero-order valence-corrected chi connectivity index (χ0v) is 20.9. The standard InChI is InChI=1S/C28H28FN5O3/c1-28(2,3)37-27(36)34-24-11-22(20-10-21(20)24)25(34)26(35)33-19(13-31)8-16-5-4-15(9-23(16)29)17-6-7-18(12-30)32-14-17/h4-7,9,14,19-22,24-25H,8,10-11H2,1-3H3,(H,33,35)/t19-,20+,21-,22+,24-,25-/m0/s1. The summed E-state index contributed by atoms with van der Waals surface area (Å²) in [5.41, 5.74) is 1.12. The van der Waals surface area contributed by atoms with E-state index in [4.69, 9.17) is 10.00 Å². The van der Waals surface area contributed by atoms with E-state index in [1.165, 1.54) is 12.3 Å². The maximum atomic E-state index is 15.0. The summed E-state index contributed by atoms with van der Waals surface area (Å²) in [5.74, 6) is 0.0104. The van der Waals surface area contributed by atoms with Crippen molar-refractivity contribution in [3.05, 3.63) is 53.6 Å². The van der Waals surface area contributed by atoms with Gasteiger partial charge >= 0.3 is 6.09 Å². The summed E-state index contributed by atoms with van der Waals surface area (Å²) in [6, 6.07) is 10.2. The van der Waals surface area contributed by atoms with Crippen LogP contribution in [0.2, 0.25) is 0 Å². The van der Waals surface area contributed by atoms with Crippen molar-refractivity contribution in [2.45, 2.75) is 63.8 Å². The highest BCUT2D eigenvalue weighted by Crippen LogP contribution is 2.63. The highest BCUT2D eigenvalue weighted by Gasteiger charge is 2.67. The Morgan fingerprint density at radius 3 is 2.54 bits per heavy atom. The van der Waals surface area contributed by atoms with Crippen LogP contribution in [-0.4, -0.2) is 45.6 Å². The Labute approximate surface area is 215 Å². The van der Waals surface area contributed by atoms with E-state index in [1.807, 2.05) is 6.07 Å². The first-order valence-corrected chi connectivity index (χ1v) is 12.5. The van der Waals surface area contributed by atoms with Gasteiger partial charge in [0.2, 0.25) is 5.91 Å². The molecule has 0 radical (unpaired) electrons. The lowest BCUT2D eigenvalue weighted by atomic mass is 9.95. The maximum absolute atomic E-state index is 15.0. The molecule has 2 aromatic rings. The number of piperidine rings is 1. The predicted molar refractivity (Wildman–Crippen MR) is 131 cm³/mol. The van der Waals surface area contributed by atoms with Gasteiger partial charge in [0.05, 0.1) is 6.07 Å². The second-order valence-electron chi connectivity index (χ2n) is 11.1. The number of carbonyl (C=O) groups is 2. The molecule has 190 valence electrons. The number of likely N-dealkylation sites (tertiary alicyclic amines) is 1. The normalized spacial score (nSPS) is 26.0. The van der Waals surface area contributed by atoms with Gasteiger partial charge in [0.25, 0.3) is 0 Å². The van der Waals surface area contributed by atoms with Crippen molar-refractivity contribution in [2.24, 2.45) is 17.8 Å². The van der Waals surface area contributed by atoms with E-state index < -0.39 is 35.5 Å².